The largest absolute Gasteiger partial charge is 0.338 e. The summed E-state index contributed by atoms with van der Waals surface area (Å²) in [6.07, 6.45) is 12.4. The molecule has 0 radical (unpaired) electrons. The van der Waals surface area contributed by atoms with E-state index < -0.39 is 0 Å². The quantitative estimate of drug-likeness (QED) is 0.636. The van der Waals surface area contributed by atoms with Crippen LogP contribution >= 0.6 is 0 Å². The maximum atomic E-state index is 12.3. The molecule has 4 aliphatic rings. The van der Waals surface area contributed by atoms with Gasteiger partial charge in [0, 0.05) is 18.5 Å². The van der Waals surface area contributed by atoms with Crippen molar-refractivity contribution in [3.63, 3.8) is 0 Å². The van der Waals surface area contributed by atoms with Crippen molar-refractivity contribution in [1.82, 2.24) is 4.90 Å². The highest BCUT2D eigenvalue weighted by Crippen LogP contribution is 2.67. The molecule has 0 unspecified atom stereocenters. The molecule has 1 amide bonds. The summed E-state index contributed by atoms with van der Waals surface area (Å²) in [6, 6.07) is 0.397. The molecule has 4 rings (SSSR count). The second kappa shape index (κ2) is 6.11. The molecular weight excluding hydrogens is 318 g/mol. The molecule has 2 nitrogen and oxygen atoms in total. The van der Waals surface area contributed by atoms with Gasteiger partial charge >= 0.3 is 0 Å². The Balaban J connectivity index is 1.67. The number of carbonyl (C=O) groups is 1. The minimum absolute atomic E-state index is 0.178. The van der Waals surface area contributed by atoms with Crippen molar-refractivity contribution in [2.45, 2.75) is 79.2 Å². The van der Waals surface area contributed by atoms with Crippen LogP contribution in [0, 0.1) is 46.3 Å². The van der Waals surface area contributed by atoms with Crippen LogP contribution in [0.2, 0.25) is 0 Å². The molecule has 2 heteroatoms. The highest BCUT2D eigenvalue weighted by molar-refractivity contribution is 5.89. The molecule has 3 fully saturated rings. The maximum Gasteiger partial charge on any atom is 0.246 e. The minimum Gasteiger partial charge on any atom is -0.338 e. The Hall–Kier alpha value is -0.790. The lowest BCUT2D eigenvalue weighted by molar-refractivity contribution is -0.144. The Morgan fingerprint density at radius 1 is 1.19 bits per heavy atom. The zero-order valence-corrected chi connectivity index (χ0v) is 17.8. The molecule has 0 bridgehead atoms. The van der Waals surface area contributed by atoms with Crippen LogP contribution < -0.4 is 0 Å². The summed E-state index contributed by atoms with van der Waals surface area (Å²) >= 11 is 0. The number of amides is 1. The second-order valence-electron chi connectivity index (χ2n) is 11.1. The van der Waals surface area contributed by atoms with E-state index in [1.807, 2.05) is 13.1 Å². The molecule has 0 aromatic heterocycles. The summed E-state index contributed by atoms with van der Waals surface area (Å²) < 4.78 is 0. The number of rotatable bonds is 2. The van der Waals surface area contributed by atoms with E-state index in [4.69, 9.17) is 0 Å². The number of likely N-dealkylation sites (N-methyl/N-ethyl adjacent to an activating group) is 1. The number of hydrogen-bond donors (Lipinski definition) is 0. The van der Waals surface area contributed by atoms with Crippen molar-refractivity contribution >= 4 is 5.91 Å². The summed E-state index contributed by atoms with van der Waals surface area (Å²) in [6.45, 7) is 12.4. The van der Waals surface area contributed by atoms with Crippen LogP contribution in [-0.4, -0.2) is 23.9 Å². The fraction of sp³-hybridized carbons (Fsp3) is 0.875. The lowest BCUT2D eigenvalue weighted by Crippen LogP contribution is -2.61. The van der Waals surface area contributed by atoms with Crippen LogP contribution in [0.25, 0.3) is 0 Å². The molecule has 0 aromatic rings. The van der Waals surface area contributed by atoms with E-state index in [0.717, 1.165) is 35.5 Å². The van der Waals surface area contributed by atoms with E-state index in [1.165, 1.54) is 38.5 Å². The van der Waals surface area contributed by atoms with Crippen LogP contribution in [0.3, 0.4) is 0 Å². The Labute approximate surface area is 160 Å². The van der Waals surface area contributed by atoms with Crippen molar-refractivity contribution in [1.29, 1.82) is 0 Å². The highest BCUT2D eigenvalue weighted by atomic mass is 16.2. The van der Waals surface area contributed by atoms with Crippen molar-refractivity contribution in [2.24, 2.45) is 46.3 Å². The first kappa shape index (κ1) is 18.6. The zero-order chi connectivity index (χ0) is 18.9. The van der Waals surface area contributed by atoms with Gasteiger partial charge in [0.15, 0.2) is 0 Å². The predicted octanol–water partition coefficient (Wildman–Crippen LogP) is 5.53. The number of hydrogen-bond acceptors (Lipinski definition) is 1. The first-order valence-electron chi connectivity index (χ1n) is 11.1. The smallest absolute Gasteiger partial charge is 0.246 e. The molecule has 0 saturated heterocycles. The molecule has 0 aromatic carbocycles. The van der Waals surface area contributed by atoms with Crippen LogP contribution in [0.5, 0.6) is 0 Å². The SMILES string of the molecule is CC(C)C[C@H]1CC[C@H]2[C@@H]3[C@@H](C)C[C@H]4N(C)C(=O)C=C[C@]4(C)[C@H]3CC[C@]12C. The fourth-order valence-electron chi connectivity index (χ4n) is 8.12. The third-order valence-corrected chi connectivity index (χ3v) is 9.45. The molecule has 0 N–H and O–H groups in total. The van der Waals surface area contributed by atoms with Crippen molar-refractivity contribution in [3.8, 4) is 0 Å². The minimum atomic E-state index is 0.178. The fourth-order valence-corrected chi connectivity index (χ4v) is 8.12. The normalized spacial score (nSPS) is 50.6. The third-order valence-electron chi connectivity index (χ3n) is 9.45. The second-order valence-corrected chi connectivity index (χ2v) is 11.1. The molecular formula is C24H39NO. The summed E-state index contributed by atoms with van der Waals surface area (Å²) in [7, 11) is 2.03. The van der Waals surface area contributed by atoms with Gasteiger partial charge in [0.25, 0.3) is 0 Å². The standard InChI is InChI=1S/C24H39NO/c1-15(2)13-17-7-8-18-22-16(3)14-20-24(5,12-10-21(26)25(20)6)19(22)9-11-23(17,18)4/h10,12,15-20,22H,7-9,11,13-14H2,1-6H3/t16-,17+,18-,19-,20+,22-,23+,24+/m0/s1. The Morgan fingerprint density at radius 3 is 2.62 bits per heavy atom. The molecule has 1 heterocycles. The highest BCUT2D eigenvalue weighted by Gasteiger charge is 2.61. The van der Waals surface area contributed by atoms with Crippen molar-refractivity contribution in [2.75, 3.05) is 7.05 Å². The van der Waals surface area contributed by atoms with E-state index in [9.17, 15) is 4.79 Å². The van der Waals surface area contributed by atoms with Crippen molar-refractivity contribution < 1.29 is 4.79 Å². The van der Waals surface area contributed by atoms with Gasteiger partial charge in [-0.15, -0.1) is 0 Å². The van der Waals surface area contributed by atoms with Gasteiger partial charge in [-0.1, -0.05) is 40.7 Å². The predicted molar refractivity (Wildman–Crippen MR) is 108 cm³/mol. The van der Waals surface area contributed by atoms with Gasteiger partial charge in [0.05, 0.1) is 0 Å². The monoisotopic (exact) mass is 357 g/mol. The van der Waals surface area contributed by atoms with Crippen LogP contribution in [0.15, 0.2) is 12.2 Å². The van der Waals surface area contributed by atoms with Gasteiger partial charge in [-0.25, -0.2) is 0 Å². The Bertz CT molecular complexity index is 609. The van der Waals surface area contributed by atoms with Crippen molar-refractivity contribution in [3.05, 3.63) is 12.2 Å². The third kappa shape index (κ3) is 2.46. The zero-order valence-electron chi connectivity index (χ0n) is 17.8. The molecule has 146 valence electrons. The number of carbonyl (C=O) groups excluding carboxylic acids is 1. The Morgan fingerprint density at radius 2 is 1.92 bits per heavy atom. The summed E-state index contributed by atoms with van der Waals surface area (Å²) in [5.74, 6) is 5.18. The lowest BCUT2D eigenvalue weighted by atomic mass is 9.45. The van der Waals surface area contributed by atoms with Crippen LogP contribution in [0.1, 0.15) is 73.1 Å². The van der Waals surface area contributed by atoms with Gasteiger partial charge in [-0.05, 0) is 85.5 Å². The Kier molecular flexibility index (Phi) is 4.36. The van der Waals surface area contributed by atoms with Crippen LogP contribution in [-0.2, 0) is 4.79 Å². The molecule has 3 saturated carbocycles. The van der Waals surface area contributed by atoms with Gasteiger partial charge in [-0.2, -0.15) is 0 Å². The van der Waals surface area contributed by atoms with E-state index in [1.54, 1.807) is 0 Å². The molecule has 8 atom stereocenters. The summed E-state index contributed by atoms with van der Waals surface area (Å²) in [5.41, 5.74) is 0.736. The average molecular weight is 358 g/mol. The summed E-state index contributed by atoms with van der Waals surface area (Å²) in [5, 5.41) is 0. The molecule has 3 aliphatic carbocycles. The molecule has 0 spiro atoms. The van der Waals surface area contributed by atoms with E-state index in [2.05, 4.69) is 45.6 Å². The van der Waals surface area contributed by atoms with E-state index in [-0.39, 0.29) is 11.3 Å². The van der Waals surface area contributed by atoms with Gasteiger partial charge in [-0.3, -0.25) is 4.79 Å². The van der Waals surface area contributed by atoms with E-state index >= 15 is 0 Å². The summed E-state index contributed by atoms with van der Waals surface area (Å²) in [4.78, 5) is 14.3. The first-order valence-corrected chi connectivity index (χ1v) is 11.1. The lowest BCUT2D eigenvalue weighted by Gasteiger charge is -2.62. The average Bonchev–Trinajstić information content (AvgIpc) is 2.90. The van der Waals surface area contributed by atoms with Gasteiger partial charge in [0.1, 0.15) is 0 Å². The number of fused-ring (bicyclic) bond motifs is 5. The van der Waals surface area contributed by atoms with E-state index in [0.29, 0.717) is 11.5 Å². The topological polar surface area (TPSA) is 20.3 Å². The molecule has 1 aliphatic heterocycles. The van der Waals surface area contributed by atoms with Gasteiger partial charge in [0.2, 0.25) is 5.91 Å². The number of nitrogens with zero attached hydrogens (tertiary/aromatic N) is 1. The first-order chi connectivity index (χ1) is 12.2. The van der Waals surface area contributed by atoms with Gasteiger partial charge < -0.3 is 4.90 Å². The maximum absolute atomic E-state index is 12.3. The molecule has 26 heavy (non-hydrogen) atoms. The van der Waals surface area contributed by atoms with Crippen LogP contribution in [0.4, 0.5) is 0 Å².